The largest absolute Gasteiger partial charge is 0.494 e. The first-order chi connectivity index (χ1) is 9.78. The van der Waals surface area contributed by atoms with Crippen molar-refractivity contribution < 1.29 is 4.74 Å². The van der Waals surface area contributed by atoms with Crippen molar-refractivity contribution in [1.29, 1.82) is 0 Å². The van der Waals surface area contributed by atoms with Gasteiger partial charge in [-0.3, -0.25) is 4.68 Å². The fourth-order valence-corrected chi connectivity index (χ4v) is 2.28. The van der Waals surface area contributed by atoms with Crippen LogP contribution in [0.15, 0.2) is 36.7 Å². The quantitative estimate of drug-likeness (QED) is 0.843. The van der Waals surface area contributed by atoms with Crippen LogP contribution in [0.2, 0.25) is 0 Å². The van der Waals surface area contributed by atoms with Crippen molar-refractivity contribution in [3.05, 3.63) is 47.8 Å². The molecule has 108 valence electrons. The first-order valence-corrected chi connectivity index (χ1v) is 7.27. The molecule has 20 heavy (non-hydrogen) atoms. The number of benzene rings is 1. The van der Waals surface area contributed by atoms with Gasteiger partial charge in [-0.25, -0.2) is 0 Å². The summed E-state index contributed by atoms with van der Waals surface area (Å²) < 4.78 is 7.54. The predicted octanol–water partition coefficient (Wildman–Crippen LogP) is 3.00. The van der Waals surface area contributed by atoms with E-state index in [1.165, 1.54) is 11.1 Å². The Morgan fingerprint density at radius 3 is 2.75 bits per heavy atom. The van der Waals surface area contributed by atoms with Crippen LogP contribution in [0.1, 0.15) is 37.9 Å². The minimum atomic E-state index is 0.153. The lowest BCUT2D eigenvalue weighted by atomic mass is 10.0. The molecule has 0 saturated carbocycles. The maximum Gasteiger partial charge on any atom is 0.119 e. The summed E-state index contributed by atoms with van der Waals surface area (Å²) >= 11 is 0. The first kappa shape index (κ1) is 14.6. The van der Waals surface area contributed by atoms with Crippen molar-refractivity contribution in [2.24, 2.45) is 0 Å². The van der Waals surface area contributed by atoms with Crippen LogP contribution < -0.4 is 10.1 Å². The Hall–Kier alpha value is -1.81. The van der Waals surface area contributed by atoms with Crippen LogP contribution in [0, 0.1) is 0 Å². The Labute approximate surface area is 120 Å². The van der Waals surface area contributed by atoms with Crippen LogP contribution >= 0.6 is 0 Å². The molecule has 0 bridgehead atoms. The van der Waals surface area contributed by atoms with E-state index in [-0.39, 0.29) is 6.04 Å². The molecule has 0 aliphatic rings. The van der Waals surface area contributed by atoms with Gasteiger partial charge in [-0.1, -0.05) is 19.1 Å². The molecule has 4 heteroatoms. The molecule has 0 saturated heterocycles. The number of nitrogens with one attached hydrogen (secondary N) is 1. The van der Waals surface area contributed by atoms with Crippen molar-refractivity contribution in [3.63, 3.8) is 0 Å². The first-order valence-electron chi connectivity index (χ1n) is 7.27. The number of aromatic nitrogens is 2. The van der Waals surface area contributed by atoms with E-state index in [4.69, 9.17) is 4.74 Å². The van der Waals surface area contributed by atoms with E-state index in [0.717, 1.165) is 18.8 Å². The third-order valence-electron chi connectivity index (χ3n) is 3.22. The standard InChI is InChI=1S/C16H23N3O/c1-4-17-16(14-11-18-19(5-2)12-14)13-8-7-9-15(10-13)20-6-3/h7-12,16-17H,4-6H2,1-3H3. The van der Waals surface area contributed by atoms with E-state index in [1.807, 2.05) is 29.9 Å². The lowest BCUT2D eigenvalue weighted by Crippen LogP contribution is -2.21. The van der Waals surface area contributed by atoms with E-state index in [9.17, 15) is 0 Å². The van der Waals surface area contributed by atoms with Crippen LogP contribution in [0.3, 0.4) is 0 Å². The van der Waals surface area contributed by atoms with E-state index in [2.05, 4.69) is 42.6 Å². The second kappa shape index (κ2) is 7.10. The zero-order chi connectivity index (χ0) is 14.4. The van der Waals surface area contributed by atoms with Crippen LogP contribution in [-0.4, -0.2) is 22.9 Å². The summed E-state index contributed by atoms with van der Waals surface area (Å²) in [6.45, 7) is 8.68. The summed E-state index contributed by atoms with van der Waals surface area (Å²) in [6, 6.07) is 8.40. The highest BCUT2D eigenvalue weighted by Gasteiger charge is 2.15. The Morgan fingerprint density at radius 1 is 1.25 bits per heavy atom. The van der Waals surface area contributed by atoms with Gasteiger partial charge in [0.05, 0.1) is 18.8 Å². The van der Waals surface area contributed by atoms with Gasteiger partial charge in [0.15, 0.2) is 0 Å². The highest BCUT2D eigenvalue weighted by atomic mass is 16.5. The number of aryl methyl sites for hydroxylation is 1. The van der Waals surface area contributed by atoms with E-state index in [0.29, 0.717) is 6.61 Å². The van der Waals surface area contributed by atoms with Gasteiger partial charge >= 0.3 is 0 Å². The van der Waals surface area contributed by atoms with Gasteiger partial charge in [-0.05, 0) is 38.1 Å². The maximum atomic E-state index is 5.59. The minimum Gasteiger partial charge on any atom is -0.494 e. The minimum absolute atomic E-state index is 0.153. The third kappa shape index (κ3) is 3.39. The molecule has 1 N–H and O–H groups in total. The normalized spacial score (nSPS) is 12.3. The molecular formula is C16H23N3O. The van der Waals surface area contributed by atoms with Crippen molar-refractivity contribution in [2.45, 2.75) is 33.4 Å². The molecule has 0 spiro atoms. The molecule has 0 radical (unpaired) electrons. The summed E-state index contributed by atoms with van der Waals surface area (Å²) in [7, 11) is 0. The number of hydrogen-bond donors (Lipinski definition) is 1. The van der Waals surface area contributed by atoms with Gasteiger partial charge in [0.2, 0.25) is 0 Å². The molecule has 1 aromatic carbocycles. The van der Waals surface area contributed by atoms with Crippen LogP contribution in [0.25, 0.3) is 0 Å². The van der Waals surface area contributed by atoms with Gasteiger partial charge in [-0.2, -0.15) is 5.10 Å². The summed E-state index contributed by atoms with van der Waals surface area (Å²) in [6.07, 6.45) is 4.03. The van der Waals surface area contributed by atoms with Crippen molar-refractivity contribution in [1.82, 2.24) is 15.1 Å². The Bertz CT molecular complexity index is 536. The van der Waals surface area contributed by atoms with Gasteiger partial charge in [0.25, 0.3) is 0 Å². The average Bonchev–Trinajstić information content (AvgIpc) is 2.94. The zero-order valence-corrected chi connectivity index (χ0v) is 12.5. The molecule has 1 heterocycles. The molecule has 1 unspecified atom stereocenters. The molecule has 0 aliphatic carbocycles. The average molecular weight is 273 g/mol. The summed E-state index contributed by atoms with van der Waals surface area (Å²) in [4.78, 5) is 0. The fourth-order valence-electron chi connectivity index (χ4n) is 2.28. The van der Waals surface area contributed by atoms with Crippen molar-refractivity contribution in [2.75, 3.05) is 13.2 Å². The lowest BCUT2D eigenvalue weighted by Gasteiger charge is -2.17. The van der Waals surface area contributed by atoms with Gasteiger partial charge in [0, 0.05) is 18.3 Å². The number of nitrogens with zero attached hydrogens (tertiary/aromatic N) is 2. The SMILES string of the molecule is CCNC(c1cccc(OCC)c1)c1cnn(CC)c1. The highest BCUT2D eigenvalue weighted by molar-refractivity contribution is 5.35. The second-order valence-electron chi connectivity index (χ2n) is 4.63. The maximum absolute atomic E-state index is 5.59. The Balaban J connectivity index is 2.29. The molecule has 2 rings (SSSR count). The van der Waals surface area contributed by atoms with Crippen molar-refractivity contribution in [3.8, 4) is 5.75 Å². The third-order valence-corrected chi connectivity index (χ3v) is 3.22. The smallest absolute Gasteiger partial charge is 0.119 e. The van der Waals surface area contributed by atoms with Crippen LogP contribution in [0.4, 0.5) is 0 Å². The van der Waals surface area contributed by atoms with Crippen LogP contribution in [0.5, 0.6) is 5.75 Å². The Morgan fingerprint density at radius 2 is 2.10 bits per heavy atom. The Kier molecular flexibility index (Phi) is 5.18. The molecule has 1 atom stereocenters. The van der Waals surface area contributed by atoms with Crippen molar-refractivity contribution >= 4 is 0 Å². The van der Waals surface area contributed by atoms with Gasteiger partial charge in [-0.15, -0.1) is 0 Å². The zero-order valence-electron chi connectivity index (χ0n) is 12.5. The number of hydrogen-bond acceptors (Lipinski definition) is 3. The highest BCUT2D eigenvalue weighted by Crippen LogP contribution is 2.25. The second-order valence-corrected chi connectivity index (χ2v) is 4.63. The van der Waals surface area contributed by atoms with E-state index < -0.39 is 0 Å². The predicted molar refractivity (Wildman–Crippen MR) is 81.0 cm³/mol. The summed E-state index contributed by atoms with van der Waals surface area (Å²) in [5.74, 6) is 0.913. The number of ether oxygens (including phenoxy) is 1. The lowest BCUT2D eigenvalue weighted by molar-refractivity contribution is 0.339. The molecule has 1 aromatic heterocycles. The van der Waals surface area contributed by atoms with Gasteiger partial charge in [0.1, 0.15) is 5.75 Å². The molecule has 0 fully saturated rings. The van der Waals surface area contributed by atoms with Crippen LogP contribution in [-0.2, 0) is 6.54 Å². The monoisotopic (exact) mass is 273 g/mol. The van der Waals surface area contributed by atoms with E-state index >= 15 is 0 Å². The molecule has 2 aromatic rings. The fraction of sp³-hybridized carbons (Fsp3) is 0.438. The summed E-state index contributed by atoms with van der Waals surface area (Å²) in [5.41, 5.74) is 2.39. The number of rotatable bonds is 7. The molecular weight excluding hydrogens is 250 g/mol. The topological polar surface area (TPSA) is 39.1 Å². The molecule has 0 aliphatic heterocycles. The molecule has 4 nitrogen and oxygen atoms in total. The van der Waals surface area contributed by atoms with Gasteiger partial charge < -0.3 is 10.1 Å². The summed E-state index contributed by atoms with van der Waals surface area (Å²) in [5, 5.41) is 7.88. The van der Waals surface area contributed by atoms with E-state index in [1.54, 1.807) is 0 Å². The molecule has 0 amide bonds.